The number of nitrogens with one attached hydrogen (secondary N) is 2. The lowest BCUT2D eigenvalue weighted by atomic mass is 10.1. The summed E-state index contributed by atoms with van der Waals surface area (Å²) < 4.78 is 0. The van der Waals surface area contributed by atoms with Crippen molar-refractivity contribution in [2.75, 3.05) is 20.1 Å². The Morgan fingerprint density at radius 1 is 1.07 bits per heavy atom. The van der Waals surface area contributed by atoms with E-state index in [0.717, 1.165) is 30.6 Å². The van der Waals surface area contributed by atoms with Gasteiger partial charge in [-0.25, -0.2) is 4.98 Å². The van der Waals surface area contributed by atoms with E-state index in [1.807, 2.05) is 35.7 Å². The Hall–Kier alpha value is -2.25. The second-order valence-corrected chi connectivity index (χ2v) is 8.97. The van der Waals surface area contributed by atoms with Gasteiger partial charge in [-0.15, -0.1) is 11.3 Å². The normalized spacial score (nSPS) is 21.8. The molecule has 1 aliphatic heterocycles. The smallest absolute Gasteiger partial charge is 0.280 e. The molecule has 0 spiro atoms. The number of carbonyl (C=O) groups is 2. The first-order valence-electron chi connectivity index (χ1n) is 10.4. The number of benzene rings is 1. The third-order valence-corrected chi connectivity index (χ3v) is 6.80. The number of carbonyl (C=O) groups excluding carboxylic acids is 2. The molecule has 1 aromatic heterocycles. The number of aromatic nitrogens is 1. The second-order valence-electron chi connectivity index (χ2n) is 8.12. The quantitative estimate of drug-likeness (QED) is 0.699. The summed E-state index contributed by atoms with van der Waals surface area (Å²) in [5, 5.41) is 8.48. The van der Waals surface area contributed by atoms with Crippen molar-refractivity contribution in [3.05, 3.63) is 40.7 Å². The van der Waals surface area contributed by atoms with E-state index in [1.165, 1.54) is 24.2 Å². The van der Waals surface area contributed by atoms with Crippen LogP contribution in [0.5, 0.6) is 0 Å². The summed E-state index contributed by atoms with van der Waals surface area (Å²) >= 11 is 1.37. The van der Waals surface area contributed by atoms with Gasteiger partial charge >= 0.3 is 0 Å². The maximum atomic E-state index is 12.5. The fourth-order valence-corrected chi connectivity index (χ4v) is 4.60. The second kappa shape index (κ2) is 9.05. The van der Waals surface area contributed by atoms with Crippen molar-refractivity contribution >= 4 is 23.2 Å². The lowest BCUT2D eigenvalue weighted by Gasteiger charge is -2.25. The van der Waals surface area contributed by atoms with Crippen LogP contribution in [0.3, 0.4) is 0 Å². The van der Waals surface area contributed by atoms with Crippen LogP contribution < -0.4 is 10.6 Å². The third-order valence-electron chi connectivity index (χ3n) is 5.96. The van der Waals surface area contributed by atoms with E-state index >= 15 is 0 Å². The average Bonchev–Trinajstić information content (AvgIpc) is 3.33. The van der Waals surface area contributed by atoms with E-state index in [9.17, 15) is 9.59 Å². The highest BCUT2D eigenvalue weighted by molar-refractivity contribution is 7.12. The lowest BCUT2D eigenvalue weighted by molar-refractivity contribution is -0.122. The summed E-state index contributed by atoms with van der Waals surface area (Å²) in [7, 11) is 2.06. The Morgan fingerprint density at radius 3 is 2.59 bits per heavy atom. The van der Waals surface area contributed by atoms with Gasteiger partial charge in [-0.2, -0.15) is 0 Å². The van der Waals surface area contributed by atoms with Gasteiger partial charge in [0, 0.05) is 42.5 Å². The van der Waals surface area contributed by atoms with Crippen LogP contribution in [0, 0.1) is 5.92 Å². The summed E-state index contributed by atoms with van der Waals surface area (Å²) in [5.74, 6) is 0.724. The summed E-state index contributed by atoms with van der Waals surface area (Å²) in [6.07, 6.45) is 5.02. The average molecular weight is 413 g/mol. The van der Waals surface area contributed by atoms with Crippen LogP contribution in [0.4, 0.5) is 0 Å². The van der Waals surface area contributed by atoms with E-state index in [-0.39, 0.29) is 23.9 Å². The van der Waals surface area contributed by atoms with Crippen molar-refractivity contribution in [1.29, 1.82) is 0 Å². The fourth-order valence-electron chi connectivity index (χ4n) is 3.85. The lowest BCUT2D eigenvalue weighted by Crippen LogP contribution is -2.42. The van der Waals surface area contributed by atoms with E-state index in [1.54, 1.807) is 0 Å². The Balaban J connectivity index is 1.24. The molecule has 2 N–H and O–H groups in total. The van der Waals surface area contributed by atoms with Crippen LogP contribution in [-0.4, -0.2) is 53.9 Å². The molecule has 4 rings (SSSR count). The molecule has 7 heteroatoms. The zero-order valence-electron chi connectivity index (χ0n) is 16.8. The molecule has 0 unspecified atom stereocenters. The standard InChI is InChI=1S/C22H28N4O2S/c1-26-17(11-20(27)23-12-15-7-8-15)9-10-18(26)13-24-21(28)22-25-19(14-29-22)16-5-3-2-4-6-16/h2-6,14-15,17-18H,7-13H2,1H3,(H,23,27)(H,24,28)/t17-,18+/m1/s1. The van der Waals surface area contributed by atoms with E-state index in [4.69, 9.17) is 0 Å². The maximum Gasteiger partial charge on any atom is 0.280 e. The molecule has 0 radical (unpaired) electrons. The Morgan fingerprint density at radius 2 is 1.83 bits per heavy atom. The van der Waals surface area contributed by atoms with Gasteiger partial charge in [-0.1, -0.05) is 30.3 Å². The molecule has 2 aliphatic rings. The van der Waals surface area contributed by atoms with Gasteiger partial charge in [-0.05, 0) is 38.6 Å². The Bertz CT molecular complexity index is 850. The first-order valence-corrected chi connectivity index (χ1v) is 11.3. The van der Waals surface area contributed by atoms with Crippen molar-refractivity contribution in [3.63, 3.8) is 0 Å². The molecule has 1 aliphatic carbocycles. The number of likely N-dealkylation sites (tertiary alicyclic amines) is 1. The molecular formula is C22H28N4O2S. The van der Waals surface area contributed by atoms with Crippen LogP contribution in [0.25, 0.3) is 11.3 Å². The Kier molecular flexibility index (Phi) is 6.25. The predicted molar refractivity (Wildman–Crippen MR) is 115 cm³/mol. The molecule has 154 valence electrons. The predicted octanol–water partition coefficient (Wildman–Crippen LogP) is 2.92. The molecular weight excluding hydrogens is 384 g/mol. The number of thiazole rings is 1. The van der Waals surface area contributed by atoms with Gasteiger partial charge in [0.25, 0.3) is 5.91 Å². The highest BCUT2D eigenvalue weighted by atomic mass is 32.1. The third kappa shape index (κ3) is 5.22. The molecule has 2 amide bonds. The van der Waals surface area contributed by atoms with Crippen molar-refractivity contribution in [2.24, 2.45) is 5.92 Å². The number of likely N-dealkylation sites (N-methyl/N-ethyl adjacent to an activating group) is 1. The molecule has 2 fully saturated rings. The van der Waals surface area contributed by atoms with Crippen LogP contribution in [0.15, 0.2) is 35.7 Å². The van der Waals surface area contributed by atoms with Crippen LogP contribution in [0.1, 0.15) is 41.9 Å². The topological polar surface area (TPSA) is 74.3 Å². The van der Waals surface area contributed by atoms with Crippen molar-refractivity contribution in [3.8, 4) is 11.3 Å². The largest absolute Gasteiger partial charge is 0.356 e. The minimum atomic E-state index is -0.129. The monoisotopic (exact) mass is 412 g/mol. The highest BCUT2D eigenvalue weighted by Crippen LogP contribution is 2.28. The minimum absolute atomic E-state index is 0.129. The van der Waals surface area contributed by atoms with Crippen molar-refractivity contribution in [1.82, 2.24) is 20.5 Å². The summed E-state index contributed by atoms with van der Waals surface area (Å²) in [5.41, 5.74) is 1.84. The number of hydrogen-bond acceptors (Lipinski definition) is 5. The van der Waals surface area contributed by atoms with Gasteiger partial charge in [0.15, 0.2) is 5.01 Å². The van der Waals surface area contributed by atoms with Gasteiger partial charge in [0.2, 0.25) is 5.91 Å². The molecule has 6 nitrogen and oxygen atoms in total. The van der Waals surface area contributed by atoms with E-state index in [0.29, 0.717) is 23.9 Å². The molecule has 0 bridgehead atoms. The summed E-state index contributed by atoms with van der Waals surface area (Å²) in [4.78, 5) is 31.4. The summed E-state index contributed by atoms with van der Waals surface area (Å²) in [6, 6.07) is 10.4. The molecule has 1 saturated carbocycles. The Labute approximate surface area is 175 Å². The zero-order valence-corrected chi connectivity index (χ0v) is 17.6. The first kappa shape index (κ1) is 20.0. The maximum absolute atomic E-state index is 12.5. The van der Waals surface area contributed by atoms with Crippen LogP contribution in [-0.2, 0) is 4.79 Å². The number of hydrogen-bond donors (Lipinski definition) is 2. The number of nitrogens with zero attached hydrogens (tertiary/aromatic N) is 2. The summed E-state index contributed by atoms with van der Waals surface area (Å²) in [6.45, 7) is 1.41. The van der Waals surface area contributed by atoms with Gasteiger partial charge in [0.1, 0.15) is 0 Å². The minimum Gasteiger partial charge on any atom is -0.356 e. The van der Waals surface area contributed by atoms with Crippen LogP contribution in [0.2, 0.25) is 0 Å². The van der Waals surface area contributed by atoms with E-state index in [2.05, 4.69) is 27.6 Å². The van der Waals surface area contributed by atoms with E-state index < -0.39 is 0 Å². The van der Waals surface area contributed by atoms with Crippen molar-refractivity contribution in [2.45, 2.75) is 44.2 Å². The molecule has 2 aromatic rings. The highest BCUT2D eigenvalue weighted by Gasteiger charge is 2.32. The number of amides is 2. The zero-order chi connectivity index (χ0) is 20.2. The fraction of sp³-hybridized carbons (Fsp3) is 0.500. The van der Waals surface area contributed by atoms with Crippen molar-refractivity contribution < 1.29 is 9.59 Å². The first-order chi connectivity index (χ1) is 14.1. The number of rotatable bonds is 8. The SMILES string of the molecule is CN1[C@@H](CC(=O)NCC2CC2)CC[C@H]1CNC(=O)c1nc(-c2ccccc2)cs1. The molecule has 29 heavy (non-hydrogen) atoms. The van der Waals surface area contributed by atoms with Gasteiger partial charge in [0.05, 0.1) is 5.69 Å². The van der Waals surface area contributed by atoms with Gasteiger partial charge < -0.3 is 10.6 Å². The molecule has 1 aromatic carbocycles. The van der Waals surface area contributed by atoms with Crippen LogP contribution >= 0.6 is 11.3 Å². The van der Waals surface area contributed by atoms with Gasteiger partial charge in [-0.3, -0.25) is 14.5 Å². The molecule has 1 saturated heterocycles. The molecule has 2 heterocycles. The molecule has 2 atom stereocenters.